The molecule has 1 saturated carbocycles. The molecule has 0 radical (unpaired) electrons. The van der Waals surface area contributed by atoms with E-state index < -0.39 is 0 Å². The fourth-order valence-corrected chi connectivity index (χ4v) is 2.62. The van der Waals surface area contributed by atoms with Crippen molar-refractivity contribution in [2.75, 3.05) is 6.54 Å². The van der Waals surface area contributed by atoms with Crippen molar-refractivity contribution < 1.29 is 4.79 Å². The van der Waals surface area contributed by atoms with E-state index in [-0.39, 0.29) is 11.8 Å². The van der Waals surface area contributed by atoms with E-state index in [4.69, 9.17) is 0 Å². The summed E-state index contributed by atoms with van der Waals surface area (Å²) in [5, 5.41) is 3.08. The van der Waals surface area contributed by atoms with E-state index >= 15 is 0 Å². The third kappa shape index (κ3) is 4.38. The summed E-state index contributed by atoms with van der Waals surface area (Å²) in [6, 6.07) is 10.4. The summed E-state index contributed by atoms with van der Waals surface area (Å²) in [5.41, 5.74) is 1.31. The van der Waals surface area contributed by atoms with Gasteiger partial charge in [-0.3, -0.25) is 4.79 Å². The molecule has 0 saturated heterocycles. The first kappa shape index (κ1) is 14.1. The molecule has 1 aromatic rings. The minimum Gasteiger partial charge on any atom is -0.356 e. The molecule has 2 atom stereocenters. The number of benzene rings is 1. The van der Waals surface area contributed by atoms with Crippen molar-refractivity contribution in [2.45, 2.75) is 51.4 Å². The van der Waals surface area contributed by atoms with Crippen molar-refractivity contribution in [1.29, 1.82) is 0 Å². The van der Waals surface area contributed by atoms with Gasteiger partial charge in [-0.05, 0) is 24.3 Å². The lowest BCUT2D eigenvalue weighted by Gasteiger charge is -2.05. The Hall–Kier alpha value is -1.31. The Bertz CT molecular complexity index is 388. The average Bonchev–Trinajstić information content (AvgIpc) is 3.24. The number of hydrogen-bond acceptors (Lipinski definition) is 1. The van der Waals surface area contributed by atoms with E-state index in [1.54, 1.807) is 0 Å². The zero-order chi connectivity index (χ0) is 13.5. The third-order valence-electron chi connectivity index (χ3n) is 3.93. The molecule has 104 valence electrons. The highest BCUT2D eigenvalue weighted by Crippen LogP contribution is 2.47. The summed E-state index contributed by atoms with van der Waals surface area (Å²) in [7, 11) is 0. The average molecular weight is 259 g/mol. The van der Waals surface area contributed by atoms with E-state index in [0.29, 0.717) is 5.92 Å². The van der Waals surface area contributed by atoms with Crippen molar-refractivity contribution in [3.63, 3.8) is 0 Å². The van der Waals surface area contributed by atoms with Crippen LogP contribution in [0, 0.1) is 5.92 Å². The summed E-state index contributed by atoms with van der Waals surface area (Å²) < 4.78 is 0. The zero-order valence-corrected chi connectivity index (χ0v) is 11.9. The van der Waals surface area contributed by atoms with Gasteiger partial charge in [0.15, 0.2) is 0 Å². The Labute approximate surface area is 116 Å². The fourth-order valence-electron chi connectivity index (χ4n) is 2.62. The van der Waals surface area contributed by atoms with Gasteiger partial charge in [0, 0.05) is 12.5 Å². The zero-order valence-electron chi connectivity index (χ0n) is 11.9. The molecule has 1 N–H and O–H groups in total. The van der Waals surface area contributed by atoms with Gasteiger partial charge < -0.3 is 5.32 Å². The van der Waals surface area contributed by atoms with Crippen LogP contribution in [0.4, 0.5) is 0 Å². The Morgan fingerprint density at radius 2 is 1.89 bits per heavy atom. The number of carbonyl (C=O) groups is 1. The highest BCUT2D eigenvalue weighted by molar-refractivity contribution is 5.82. The van der Waals surface area contributed by atoms with E-state index in [0.717, 1.165) is 19.4 Å². The van der Waals surface area contributed by atoms with Crippen LogP contribution in [-0.4, -0.2) is 12.5 Å². The Balaban J connectivity index is 1.61. The maximum atomic E-state index is 12.0. The van der Waals surface area contributed by atoms with Gasteiger partial charge in [0.25, 0.3) is 0 Å². The monoisotopic (exact) mass is 259 g/mol. The lowest BCUT2D eigenvalue weighted by atomic mass is 10.1. The van der Waals surface area contributed by atoms with Gasteiger partial charge >= 0.3 is 0 Å². The van der Waals surface area contributed by atoms with Crippen LogP contribution in [0.2, 0.25) is 0 Å². The molecule has 1 aliphatic carbocycles. The number of amides is 1. The Morgan fingerprint density at radius 3 is 2.63 bits per heavy atom. The van der Waals surface area contributed by atoms with E-state index in [9.17, 15) is 4.79 Å². The molecule has 0 heterocycles. The van der Waals surface area contributed by atoms with Gasteiger partial charge in [-0.15, -0.1) is 0 Å². The molecule has 2 unspecified atom stereocenters. The predicted octanol–water partition coefficient (Wildman–Crippen LogP) is 3.88. The fraction of sp³-hybridized carbons (Fsp3) is 0.588. The molecule has 19 heavy (non-hydrogen) atoms. The van der Waals surface area contributed by atoms with Crippen LogP contribution < -0.4 is 5.32 Å². The molecule has 0 aromatic heterocycles. The molecular formula is C17H25NO. The van der Waals surface area contributed by atoms with Crippen molar-refractivity contribution in [3.05, 3.63) is 35.9 Å². The van der Waals surface area contributed by atoms with Crippen LogP contribution >= 0.6 is 0 Å². The largest absolute Gasteiger partial charge is 0.356 e. The summed E-state index contributed by atoms with van der Waals surface area (Å²) in [4.78, 5) is 12.0. The van der Waals surface area contributed by atoms with Gasteiger partial charge in [0.05, 0.1) is 0 Å². The number of nitrogens with one attached hydrogen (secondary N) is 1. The molecule has 0 spiro atoms. The summed E-state index contributed by atoms with van der Waals surface area (Å²) >= 11 is 0. The molecule has 2 rings (SSSR count). The quantitative estimate of drug-likeness (QED) is 0.705. The van der Waals surface area contributed by atoms with E-state index in [1.807, 2.05) is 6.07 Å². The minimum absolute atomic E-state index is 0.220. The maximum Gasteiger partial charge on any atom is 0.223 e. The number of rotatable bonds is 8. The van der Waals surface area contributed by atoms with E-state index in [2.05, 4.69) is 36.5 Å². The summed E-state index contributed by atoms with van der Waals surface area (Å²) in [6.45, 7) is 3.07. The minimum atomic E-state index is 0.220. The van der Waals surface area contributed by atoms with Crippen molar-refractivity contribution in [3.8, 4) is 0 Å². The smallest absolute Gasteiger partial charge is 0.223 e. The van der Waals surface area contributed by atoms with Gasteiger partial charge in [0.1, 0.15) is 0 Å². The summed E-state index contributed by atoms with van der Waals surface area (Å²) in [6.07, 6.45) is 7.25. The second-order valence-corrected chi connectivity index (χ2v) is 5.56. The molecule has 0 bridgehead atoms. The van der Waals surface area contributed by atoms with Crippen molar-refractivity contribution in [2.24, 2.45) is 5.92 Å². The lowest BCUT2D eigenvalue weighted by Crippen LogP contribution is -2.26. The highest BCUT2D eigenvalue weighted by Gasteiger charge is 2.43. The molecular weight excluding hydrogens is 234 g/mol. The second kappa shape index (κ2) is 7.32. The molecule has 1 aliphatic rings. The second-order valence-electron chi connectivity index (χ2n) is 5.56. The molecule has 0 aliphatic heterocycles. The van der Waals surface area contributed by atoms with Crippen LogP contribution in [0.5, 0.6) is 0 Å². The Kier molecular flexibility index (Phi) is 5.44. The molecule has 1 amide bonds. The van der Waals surface area contributed by atoms with Gasteiger partial charge in [-0.1, -0.05) is 62.9 Å². The van der Waals surface area contributed by atoms with Crippen molar-refractivity contribution in [1.82, 2.24) is 5.32 Å². The summed E-state index contributed by atoms with van der Waals surface area (Å²) in [5.74, 6) is 0.934. The van der Waals surface area contributed by atoms with Crippen LogP contribution in [-0.2, 0) is 4.79 Å². The normalized spacial score (nSPS) is 21.1. The third-order valence-corrected chi connectivity index (χ3v) is 3.93. The van der Waals surface area contributed by atoms with Crippen LogP contribution in [0.15, 0.2) is 30.3 Å². The van der Waals surface area contributed by atoms with Gasteiger partial charge in [-0.2, -0.15) is 0 Å². The standard InChI is InChI=1S/C17H25NO/c1-2-3-4-5-9-12-18-17(19)16-13-15(16)14-10-7-6-8-11-14/h6-8,10-11,15-16H,2-5,9,12-13H2,1H3,(H,18,19). The molecule has 2 nitrogen and oxygen atoms in total. The number of hydrogen-bond donors (Lipinski definition) is 1. The molecule has 2 heteroatoms. The SMILES string of the molecule is CCCCCCCNC(=O)C1CC1c1ccccc1. The molecule has 1 fully saturated rings. The lowest BCUT2D eigenvalue weighted by molar-refractivity contribution is -0.122. The van der Waals surface area contributed by atoms with Crippen LogP contribution in [0.3, 0.4) is 0 Å². The maximum absolute atomic E-state index is 12.0. The van der Waals surface area contributed by atoms with Gasteiger partial charge in [-0.25, -0.2) is 0 Å². The van der Waals surface area contributed by atoms with E-state index in [1.165, 1.54) is 31.2 Å². The van der Waals surface area contributed by atoms with Gasteiger partial charge in [0.2, 0.25) is 5.91 Å². The highest BCUT2D eigenvalue weighted by atomic mass is 16.2. The number of carbonyl (C=O) groups excluding carboxylic acids is 1. The first-order valence-electron chi connectivity index (χ1n) is 7.65. The number of unbranched alkanes of at least 4 members (excludes halogenated alkanes) is 4. The first-order chi connectivity index (χ1) is 9.33. The molecule has 1 aromatic carbocycles. The predicted molar refractivity (Wildman–Crippen MR) is 79.1 cm³/mol. The van der Waals surface area contributed by atoms with Crippen molar-refractivity contribution >= 4 is 5.91 Å². The Morgan fingerprint density at radius 1 is 1.16 bits per heavy atom. The van der Waals surface area contributed by atoms with Crippen LogP contribution in [0.1, 0.15) is 56.9 Å². The topological polar surface area (TPSA) is 29.1 Å². The first-order valence-corrected chi connectivity index (χ1v) is 7.65. The van der Waals surface area contributed by atoms with Crippen LogP contribution in [0.25, 0.3) is 0 Å².